The molecule has 0 saturated carbocycles. The number of unbranched alkanes of at least 4 members (excludes halogenated alkanes) is 1. The fourth-order valence-electron chi connectivity index (χ4n) is 0.624. The lowest BCUT2D eigenvalue weighted by molar-refractivity contribution is -0.108. The Bertz CT molecular complexity index is 214. The summed E-state index contributed by atoms with van der Waals surface area (Å²) in [5.41, 5.74) is 0.420. The van der Waals surface area contributed by atoms with E-state index in [9.17, 15) is 14.4 Å². The van der Waals surface area contributed by atoms with Crippen molar-refractivity contribution in [2.24, 2.45) is 0 Å². The molecule has 0 rings (SSSR count). The molecule has 0 aliphatic heterocycles. The van der Waals surface area contributed by atoms with Crippen LogP contribution in [0.4, 0.5) is 0 Å². The molecule has 0 spiro atoms. The minimum absolute atomic E-state index is 0.395. The third kappa shape index (κ3) is 5.29. The van der Waals surface area contributed by atoms with Gasteiger partial charge >= 0.3 is 0 Å². The van der Waals surface area contributed by atoms with E-state index in [0.29, 0.717) is 31.0 Å². The quantitative estimate of drug-likeness (QED) is 0.254. The summed E-state index contributed by atoms with van der Waals surface area (Å²) in [6, 6.07) is 0. The van der Waals surface area contributed by atoms with Crippen LogP contribution in [0.2, 0.25) is 0 Å². The number of hydrogen-bond donors (Lipinski definition) is 0. The van der Waals surface area contributed by atoms with Crippen molar-refractivity contribution in [1.82, 2.24) is 0 Å². The predicted molar refractivity (Wildman–Crippen MR) is 44.6 cm³/mol. The Morgan fingerprint density at radius 1 is 1.08 bits per heavy atom. The largest absolute Gasteiger partial charge is 0.303 e. The van der Waals surface area contributed by atoms with E-state index in [1.54, 1.807) is 6.08 Å². The van der Waals surface area contributed by atoms with E-state index in [1.807, 2.05) is 0 Å². The summed E-state index contributed by atoms with van der Waals surface area (Å²) in [6.45, 7) is 0. The third-order valence-electron chi connectivity index (χ3n) is 1.17. The van der Waals surface area contributed by atoms with Gasteiger partial charge in [-0.3, -0.25) is 9.59 Å². The summed E-state index contributed by atoms with van der Waals surface area (Å²) in [5, 5.41) is 0. The zero-order valence-electron chi connectivity index (χ0n) is 6.60. The normalized spacial score (nSPS) is 11.5. The van der Waals surface area contributed by atoms with E-state index in [-0.39, 0.29) is 0 Å². The minimum Gasteiger partial charge on any atom is -0.303 e. The fraction of sp³-hybridized carbons (Fsp3) is 0.222. The highest BCUT2D eigenvalue weighted by atomic mass is 16.1. The van der Waals surface area contributed by atoms with Gasteiger partial charge in [0.25, 0.3) is 0 Å². The monoisotopic (exact) mass is 166 g/mol. The molecule has 0 amide bonds. The van der Waals surface area contributed by atoms with E-state index in [0.717, 1.165) is 6.29 Å². The molecular formula is C9H10O3. The van der Waals surface area contributed by atoms with Crippen molar-refractivity contribution < 1.29 is 14.4 Å². The minimum atomic E-state index is 0.395. The van der Waals surface area contributed by atoms with Crippen molar-refractivity contribution in [3.63, 3.8) is 0 Å². The van der Waals surface area contributed by atoms with Gasteiger partial charge in [0.2, 0.25) is 0 Å². The lowest BCUT2D eigenvalue weighted by Gasteiger charge is -1.87. The number of carbonyl (C=O) groups excluding carboxylic acids is 3. The van der Waals surface area contributed by atoms with Crippen molar-refractivity contribution in [1.29, 1.82) is 0 Å². The van der Waals surface area contributed by atoms with Gasteiger partial charge in [-0.15, -0.1) is 0 Å². The highest BCUT2D eigenvalue weighted by Crippen LogP contribution is 1.96. The van der Waals surface area contributed by atoms with Crippen LogP contribution in [-0.2, 0) is 14.4 Å². The number of carbonyl (C=O) groups is 3. The first-order valence-electron chi connectivity index (χ1n) is 3.56. The molecule has 0 saturated heterocycles. The molecule has 12 heavy (non-hydrogen) atoms. The van der Waals surface area contributed by atoms with Gasteiger partial charge in [-0.1, -0.05) is 6.08 Å². The maximum Gasteiger partial charge on any atom is 0.149 e. The topological polar surface area (TPSA) is 51.2 Å². The third-order valence-corrected chi connectivity index (χ3v) is 1.17. The second-order valence-electron chi connectivity index (χ2n) is 2.06. The summed E-state index contributed by atoms with van der Waals surface area (Å²) in [4.78, 5) is 30.0. The van der Waals surface area contributed by atoms with Crippen molar-refractivity contribution in [2.75, 3.05) is 0 Å². The van der Waals surface area contributed by atoms with Crippen LogP contribution in [0.25, 0.3) is 0 Å². The average molecular weight is 166 g/mol. The van der Waals surface area contributed by atoms with Crippen LogP contribution in [0.15, 0.2) is 23.8 Å². The van der Waals surface area contributed by atoms with E-state index >= 15 is 0 Å². The number of hydrogen-bond acceptors (Lipinski definition) is 3. The van der Waals surface area contributed by atoms with Crippen LogP contribution in [-0.4, -0.2) is 18.9 Å². The van der Waals surface area contributed by atoms with Crippen LogP contribution in [0.5, 0.6) is 0 Å². The molecule has 64 valence electrons. The first kappa shape index (κ1) is 10.5. The number of aldehydes is 3. The molecule has 0 atom stereocenters. The summed E-state index contributed by atoms with van der Waals surface area (Å²) < 4.78 is 0. The lowest BCUT2D eigenvalue weighted by atomic mass is 10.2. The Labute approximate surface area is 70.8 Å². The molecule has 0 aliphatic rings. The lowest BCUT2D eigenvalue weighted by Crippen LogP contribution is -1.80. The number of rotatable bonds is 6. The molecule has 0 aromatic heterocycles. The van der Waals surface area contributed by atoms with Gasteiger partial charge in [-0.05, 0) is 18.6 Å². The van der Waals surface area contributed by atoms with E-state index < -0.39 is 0 Å². The average Bonchev–Trinajstić information content (AvgIpc) is 2.11. The van der Waals surface area contributed by atoms with Crippen LogP contribution >= 0.6 is 0 Å². The highest BCUT2D eigenvalue weighted by Gasteiger charge is 1.87. The standard InChI is InChI=1S/C9H10O3/c10-6-2-1-4-9(8-12)5-3-7-11/h3-8H,1-2H2. The van der Waals surface area contributed by atoms with Gasteiger partial charge in [0.05, 0.1) is 0 Å². The Balaban J connectivity index is 4.02. The molecule has 0 radical (unpaired) electrons. The van der Waals surface area contributed by atoms with Gasteiger partial charge < -0.3 is 4.79 Å². The van der Waals surface area contributed by atoms with Crippen LogP contribution in [0.1, 0.15) is 12.8 Å². The van der Waals surface area contributed by atoms with Crippen molar-refractivity contribution in [3.8, 4) is 0 Å². The van der Waals surface area contributed by atoms with Gasteiger partial charge in [-0.2, -0.15) is 0 Å². The SMILES string of the molecule is O=CC=CC(C=O)=CCCC=O. The first-order valence-corrected chi connectivity index (χ1v) is 3.56. The van der Waals surface area contributed by atoms with Gasteiger partial charge in [-0.25, -0.2) is 0 Å². The molecule has 0 fully saturated rings. The van der Waals surface area contributed by atoms with E-state index in [1.165, 1.54) is 12.2 Å². The zero-order chi connectivity index (χ0) is 9.23. The molecule has 0 aliphatic carbocycles. The highest BCUT2D eigenvalue weighted by molar-refractivity contribution is 5.80. The molecule has 3 heteroatoms. The first-order chi connectivity index (χ1) is 5.85. The maximum absolute atomic E-state index is 10.3. The Hall–Kier alpha value is -1.51. The molecular weight excluding hydrogens is 156 g/mol. The van der Waals surface area contributed by atoms with Crippen LogP contribution in [0, 0.1) is 0 Å². The van der Waals surface area contributed by atoms with E-state index in [2.05, 4.69) is 0 Å². The molecule has 0 N–H and O–H groups in total. The Morgan fingerprint density at radius 3 is 2.33 bits per heavy atom. The molecule has 0 aromatic carbocycles. The summed E-state index contributed by atoms with van der Waals surface area (Å²) in [7, 11) is 0. The van der Waals surface area contributed by atoms with Crippen molar-refractivity contribution in [3.05, 3.63) is 23.8 Å². The van der Waals surface area contributed by atoms with Crippen molar-refractivity contribution in [2.45, 2.75) is 12.8 Å². The summed E-state index contributed by atoms with van der Waals surface area (Å²) in [5.74, 6) is 0. The van der Waals surface area contributed by atoms with Gasteiger partial charge in [0.15, 0.2) is 0 Å². The summed E-state index contributed by atoms with van der Waals surface area (Å²) >= 11 is 0. The van der Waals surface area contributed by atoms with Gasteiger partial charge in [0, 0.05) is 12.0 Å². The zero-order valence-corrected chi connectivity index (χ0v) is 6.60. The molecule has 0 unspecified atom stereocenters. The van der Waals surface area contributed by atoms with Crippen LogP contribution in [0.3, 0.4) is 0 Å². The second-order valence-corrected chi connectivity index (χ2v) is 2.06. The Morgan fingerprint density at radius 2 is 1.83 bits per heavy atom. The maximum atomic E-state index is 10.3. The molecule has 3 nitrogen and oxygen atoms in total. The molecule has 0 aromatic rings. The van der Waals surface area contributed by atoms with E-state index in [4.69, 9.17) is 0 Å². The number of allylic oxidation sites excluding steroid dienone is 4. The molecule has 0 heterocycles. The van der Waals surface area contributed by atoms with Gasteiger partial charge in [0.1, 0.15) is 18.9 Å². The van der Waals surface area contributed by atoms with Crippen molar-refractivity contribution >= 4 is 18.9 Å². The summed E-state index contributed by atoms with van der Waals surface area (Å²) in [6.07, 6.45) is 7.20. The van der Waals surface area contributed by atoms with Crippen LogP contribution < -0.4 is 0 Å². The fourth-order valence-corrected chi connectivity index (χ4v) is 0.624. The predicted octanol–water partition coefficient (Wildman–Crippen LogP) is 0.846. The Kier molecular flexibility index (Phi) is 6.64. The smallest absolute Gasteiger partial charge is 0.149 e. The second kappa shape index (κ2) is 7.60. The molecule has 0 bridgehead atoms.